The first-order chi connectivity index (χ1) is 9.38. The molecule has 1 aromatic rings. The molecule has 1 amide bonds. The average Bonchev–Trinajstić information content (AvgIpc) is 2.73. The summed E-state index contributed by atoms with van der Waals surface area (Å²) in [5.41, 5.74) is 7.91. The van der Waals surface area contributed by atoms with Gasteiger partial charge >= 0.3 is 0 Å². The topological polar surface area (TPSA) is 98.8 Å². The standard InChI is InChI=1S/C14H21N3O3/c1-8-3-4-10(15)5-11(8)16-14(20)9(2)17-6-12(18)13(19)7-17/h3-5,9,12-13,18-19H,6-7,15H2,1-2H3,(H,16,20). The van der Waals surface area contributed by atoms with Crippen molar-refractivity contribution in [2.75, 3.05) is 24.1 Å². The Bertz CT molecular complexity index is 496. The Morgan fingerprint density at radius 2 is 2.00 bits per heavy atom. The number of hydrogen-bond donors (Lipinski definition) is 4. The SMILES string of the molecule is Cc1ccc(N)cc1NC(=O)C(C)N1CC(O)C(O)C1. The van der Waals surface area contributed by atoms with E-state index in [4.69, 9.17) is 5.73 Å². The van der Waals surface area contributed by atoms with Gasteiger partial charge in [0, 0.05) is 24.5 Å². The second-order valence-corrected chi connectivity index (χ2v) is 5.33. The number of rotatable bonds is 3. The van der Waals surface area contributed by atoms with Crippen molar-refractivity contribution in [2.24, 2.45) is 0 Å². The normalized spacial score (nSPS) is 24.6. The molecule has 6 nitrogen and oxygen atoms in total. The minimum Gasteiger partial charge on any atom is -0.399 e. The molecule has 0 spiro atoms. The highest BCUT2D eigenvalue weighted by Crippen LogP contribution is 2.20. The van der Waals surface area contributed by atoms with Gasteiger partial charge in [-0.3, -0.25) is 9.69 Å². The zero-order valence-corrected chi connectivity index (χ0v) is 11.7. The fraction of sp³-hybridized carbons (Fsp3) is 0.500. The van der Waals surface area contributed by atoms with Crippen LogP contribution >= 0.6 is 0 Å². The highest BCUT2D eigenvalue weighted by atomic mass is 16.3. The van der Waals surface area contributed by atoms with E-state index in [0.29, 0.717) is 24.5 Å². The van der Waals surface area contributed by atoms with E-state index in [-0.39, 0.29) is 5.91 Å². The van der Waals surface area contributed by atoms with Crippen molar-refractivity contribution in [3.63, 3.8) is 0 Å². The zero-order valence-electron chi connectivity index (χ0n) is 11.7. The maximum Gasteiger partial charge on any atom is 0.241 e. The van der Waals surface area contributed by atoms with E-state index in [1.807, 2.05) is 13.0 Å². The molecular weight excluding hydrogens is 258 g/mol. The third kappa shape index (κ3) is 3.09. The molecule has 0 aliphatic carbocycles. The van der Waals surface area contributed by atoms with E-state index in [1.165, 1.54) is 0 Å². The fourth-order valence-electron chi connectivity index (χ4n) is 2.29. The number of β-amino-alcohol motifs (C(OH)–C–C–N with tert-alkyl or cyclic N) is 2. The molecule has 1 aliphatic rings. The Hall–Kier alpha value is -1.63. The summed E-state index contributed by atoms with van der Waals surface area (Å²) in [4.78, 5) is 14.0. The number of likely N-dealkylation sites (tertiary alicyclic amines) is 1. The van der Waals surface area contributed by atoms with Gasteiger partial charge in [-0.15, -0.1) is 0 Å². The Balaban J connectivity index is 2.03. The van der Waals surface area contributed by atoms with Crippen LogP contribution in [0.3, 0.4) is 0 Å². The fourth-order valence-corrected chi connectivity index (χ4v) is 2.29. The number of aryl methyl sites for hydroxylation is 1. The third-order valence-electron chi connectivity index (χ3n) is 3.73. The lowest BCUT2D eigenvalue weighted by Gasteiger charge is -2.23. The van der Waals surface area contributed by atoms with Crippen LogP contribution in [0.5, 0.6) is 0 Å². The molecule has 6 heteroatoms. The number of nitrogens with two attached hydrogens (primary N) is 1. The molecule has 110 valence electrons. The van der Waals surface area contributed by atoms with Crippen LogP contribution in [0, 0.1) is 6.92 Å². The number of anilines is 2. The van der Waals surface area contributed by atoms with Gasteiger partial charge in [0.25, 0.3) is 0 Å². The van der Waals surface area contributed by atoms with Crippen molar-refractivity contribution < 1.29 is 15.0 Å². The number of benzene rings is 1. The van der Waals surface area contributed by atoms with Crippen LogP contribution in [0.4, 0.5) is 11.4 Å². The van der Waals surface area contributed by atoms with Crippen molar-refractivity contribution in [3.8, 4) is 0 Å². The number of nitrogens with zero attached hydrogens (tertiary/aromatic N) is 1. The molecule has 0 radical (unpaired) electrons. The summed E-state index contributed by atoms with van der Waals surface area (Å²) < 4.78 is 0. The molecule has 3 atom stereocenters. The van der Waals surface area contributed by atoms with Crippen molar-refractivity contribution >= 4 is 17.3 Å². The molecule has 0 saturated carbocycles. The smallest absolute Gasteiger partial charge is 0.241 e. The van der Waals surface area contributed by atoms with Crippen LogP contribution in [-0.2, 0) is 4.79 Å². The zero-order chi connectivity index (χ0) is 14.9. The minimum absolute atomic E-state index is 0.181. The Morgan fingerprint density at radius 1 is 1.40 bits per heavy atom. The molecule has 5 N–H and O–H groups in total. The van der Waals surface area contributed by atoms with Gasteiger partial charge in [0.2, 0.25) is 5.91 Å². The van der Waals surface area contributed by atoms with Crippen molar-refractivity contribution in [1.82, 2.24) is 4.90 Å². The Kier molecular flexibility index (Phi) is 4.27. The van der Waals surface area contributed by atoms with Gasteiger partial charge in [0.1, 0.15) is 0 Å². The van der Waals surface area contributed by atoms with E-state index in [0.717, 1.165) is 5.56 Å². The number of hydrogen-bond acceptors (Lipinski definition) is 5. The quantitative estimate of drug-likeness (QED) is 0.581. The monoisotopic (exact) mass is 279 g/mol. The second kappa shape index (κ2) is 5.78. The highest BCUT2D eigenvalue weighted by molar-refractivity contribution is 5.95. The Labute approximate surface area is 118 Å². The number of carbonyl (C=O) groups excluding carboxylic acids is 1. The van der Waals surface area contributed by atoms with Crippen molar-refractivity contribution in [3.05, 3.63) is 23.8 Å². The third-order valence-corrected chi connectivity index (χ3v) is 3.73. The number of nitrogens with one attached hydrogen (secondary N) is 1. The Morgan fingerprint density at radius 3 is 2.60 bits per heavy atom. The highest BCUT2D eigenvalue weighted by Gasteiger charge is 2.34. The average molecular weight is 279 g/mol. The van der Waals surface area contributed by atoms with Crippen molar-refractivity contribution in [1.29, 1.82) is 0 Å². The molecule has 1 aliphatic heterocycles. The van der Waals surface area contributed by atoms with Gasteiger partial charge in [-0.1, -0.05) is 6.07 Å². The van der Waals surface area contributed by atoms with E-state index in [9.17, 15) is 15.0 Å². The molecule has 3 unspecified atom stereocenters. The minimum atomic E-state index is -0.792. The van der Waals surface area contributed by atoms with Gasteiger partial charge < -0.3 is 21.3 Å². The molecule has 1 fully saturated rings. The molecule has 2 rings (SSSR count). The maximum absolute atomic E-state index is 12.2. The lowest BCUT2D eigenvalue weighted by molar-refractivity contribution is -0.120. The first-order valence-electron chi connectivity index (χ1n) is 6.65. The van der Waals surface area contributed by atoms with Gasteiger partial charge in [-0.05, 0) is 31.5 Å². The largest absolute Gasteiger partial charge is 0.399 e. The van der Waals surface area contributed by atoms with Crippen LogP contribution < -0.4 is 11.1 Å². The first-order valence-corrected chi connectivity index (χ1v) is 6.65. The number of nitrogen functional groups attached to an aromatic ring is 1. The van der Waals surface area contributed by atoms with Crippen LogP contribution in [0.2, 0.25) is 0 Å². The van der Waals surface area contributed by atoms with Gasteiger partial charge in [-0.25, -0.2) is 0 Å². The second-order valence-electron chi connectivity index (χ2n) is 5.33. The molecule has 1 saturated heterocycles. The van der Waals surface area contributed by atoms with E-state index < -0.39 is 18.2 Å². The predicted octanol–water partition coefficient (Wildman–Crippen LogP) is -0.0584. The van der Waals surface area contributed by atoms with Gasteiger partial charge in [0.05, 0.1) is 18.2 Å². The van der Waals surface area contributed by atoms with Crippen LogP contribution in [0.25, 0.3) is 0 Å². The molecule has 0 aromatic heterocycles. The van der Waals surface area contributed by atoms with Crippen molar-refractivity contribution in [2.45, 2.75) is 32.1 Å². The number of aliphatic hydroxyl groups is 2. The molecule has 1 aromatic carbocycles. The maximum atomic E-state index is 12.2. The molecule has 0 bridgehead atoms. The van der Waals surface area contributed by atoms with Crippen LogP contribution in [0.1, 0.15) is 12.5 Å². The van der Waals surface area contributed by atoms with E-state index in [2.05, 4.69) is 5.32 Å². The predicted molar refractivity (Wildman–Crippen MR) is 77.3 cm³/mol. The number of aliphatic hydroxyl groups excluding tert-OH is 2. The summed E-state index contributed by atoms with van der Waals surface area (Å²) in [6.45, 7) is 4.24. The molecule has 20 heavy (non-hydrogen) atoms. The number of carbonyl (C=O) groups is 1. The summed E-state index contributed by atoms with van der Waals surface area (Å²) in [5.74, 6) is -0.181. The summed E-state index contributed by atoms with van der Waals surface area (Å²) in [5, 5.41) is 21.9. The van der Waals surface area contributed by atoms with E-state index >= 15 is 0 Å². The van der Waals surface area contributed by atoms with E-state index in [1.54, 1.807) is 24.0 Å². The lowest BCUT2D eigenvalue weighted by atomic mass is 10.1. The molecular formula is C14H21N3O3. The van der Waals surface area contributed by atoms with Gasteiger partial charge in [-0.2, -0.15) is 0 Å². The van der Waals surface area contributed by atoms with Gasteiger partial charge in [0.15, 0.2) is 0 Å². The summed E-state index contributed by atoms with van der Waals surface area (Å²) >= 11 is 0. The lowest BCUT2D eigenvalue weighted by Crippen LogP contribution is -2.41. The van der Waals surface area contributed by atoms with Crippen LogP contribution in [-0.4, -0.2) is 52.4 Å². The summed E-state index contributed by atoms with van der Waals surface area (Å²) in [6.07, 6.45) is -1.58. The first kappa shape index (κ1) is 14.8. The number of amides is 1. The van der Waals surface area contributed by atoms with Crippen LogP contribution in [0.15, 0.2) is 18.2 Å². The summed E-state index contributed by atoms with van der Waals surface area (Å²) in [7, 11) is 0. The summed E-state index contributed by atoms with van der Waals surface area (Å²) in [6, 6.07) is 4.91. The molecule has 1 heterocycles.